The van der Waals surface area contributed by atoms with Crippen LogP contribution >= 0.6 is 0 Å². The van der Waals surface area contributed by atoms with Gasteiger partial charge in [-0.2, -0.15) is 13.2 Å². The van der Waals surface area contributed by atoms with Gasteiger partial charge in [0.15, 0.2) is 11.6 Å². The normalized spacial score (nSPS) is 19.2. The number of hydrogen-bond donors (Lipinski definition) is 0. The number of amides is 1. The summed E-state index contributed by atoms with van der Waals surface area (Å²) >= 11 is 0. The molecule has 1 aliphatic heterocycles. The van der Waals surface area contributed by atoms with Gasteiger partial charge in [-0.25, -0.2) is 4.79 Å². The standard InChI is InChI=1S/C29H42F3NO6/c1-8-9-10-11-12-13-16-37-23-15-14-20(17-21(23)29(30,31)32)22(34)18-24(35)28(7)19-38-27(5,6)33(28)25(36)39-26(2,3)4/h14-15,17H,8-13,16,18-19H2,1-7H3. The molecule has 0 aliphatic carbocycles. The number of rotatable bonds is 12. The van der Waals surface area contributed by atoms with Crippen LogP contribution in [0.5, 0.6) is 5.75 Å². The van der Waals surface area contributed by atoms with Crippen LogP contribution in [0.15, 0.2) is 18.2 Å². The number of hydrogen-bond acceptors (Lipinski definition) is 6. The van der Waals surface area contributed by atoms with Crippen molar-refractivity contribution < 1.29 is 41.8 Å². The molecule has 7 nitrogen and oxygen atoms in total. The van der Waals surface area contributed by atoms with E-state index in [2.05, 4.69) is 6.92 Å². The smallest absolute Gasteiger partial charge is 0.419 e. The highest BCUT2D eigenvalue weighted by Crippen LogP contribution is 2.39. The highest BCUT2D eigenvalue weighted by atomic mass is 19.4. The SMILES string of the molecule is CCCCCCCCOc1ccc(C(=O)CC(=O)C2(C)COC(C)(C)N2C(=O)OC(C)(C)C)cc1C(F)(F)F. The highest BCUT2D eigenvalue weighted by molar-refractivity contribution is 6.11. The number of ether oxygens (including phenoxy) is 3. The Hall–Kier alpha value is -2.62. The Morgan fingerprint density at radius 2 is 1.62 bits per heavy atom. The van der Waals surface area contributed by atoms with Crippen molar-refractivity contribution >= 4 is 17.7 Å². The number of carbonyl (C=O) groups is 3. The maximum Gasteiger partial charge on any atom is 0.419 e. The fourth-order valence-electron chi connectivity index (χ4n) is 4.53. The van der Waals surface area contributed by atoms with Gasteiger partial charge in [0.2, 0.25) is 0 Å². The van der Waals surface area contributed by atoms with Gasteiger partial charge in [-0.15, -0.1) is 0 Å². The van der Waals surface area contributed by atoms with Crippen molar-refractivity contribution in [3.8, 4) is 5.75 Å². The van der Waals surface area contributed by atoms with E-state index in [1.807, 2.05) is 0 Å². The van der Waals surface area contributed by atoms with E-state index in [1.54, 1.807) is 34.6 Å². The molecule has 1 aliphatic rings. The summed E-state index contributed by atoms with van der Waals surface area (Å²) in [4.78, 5) is 40.5. The van der Waals surface area contributed by atoms with Gasteiger partial charge in [-0.1, -0.05) is 39.0 Å². The third-order valence-electron chi connectivity index (χ3n) is 6.60. The minimum atomic E-state index is -4.75. The van der Waals surface area contributed by atoms with Crippen molar-refractivity contribution in [2.24, 2.45) is 0 Å². The molecule has 0 spiro atoms. The van der Waals surface area contributed by atoms with E-state index in [0.29, 0.717) is 6.42 Å². The second kappa shape index (κ2) is 12.7. The van der Waals surface area contributed by atoms with Gasteiger partial charge < -0.3 is 14.2 Å². The van der Waals surface area contributed by atoms with Gasteiger partial charge in [0.25, 0.3) is 0 Å². The topological polar surface area (TPSA) is 82.1 Å². The number of Topliss-reactive ketones (excluding diaryl/α,β-unsaturated/α-hetero) is 2. The van der Waals surface area contributed by atoms with Crippen molar-refractivity contribution in [1.82, 2.24) is 4.90 Å². The molecule has 220 valence electrons. The summed E-state index contributed by atoms with van der Waals surface area (Å²) in [6.45, 7) is 11.7. The molecule has 39 heavy (non-hydrogen) atoms. The summed E-state index contributed by atoms with van der Waals surface area (Å²) in [5, 5.41) is 0. The predicted molar refractivity (Wildman–Crippen MR) is 141 cm³/mol. The Kier molecular flexibility index (Phi) is 10.6. The average Bonchev–Trinajstić information content (AvgIpc) is 3.06. The zero-order chi connectivity index (χ0) is 29.6. The van der Waals surface area contributed by atoms with Crippen LogP contribution in [0.2, 0.25) is 0 Å². The number of carbonyl (C=O) groups excluding carboxylic acids is 3. The number of unbranched alkanes of at least 4 members (excludes halogenated alkanes) is 5. The van der Waals surface area contributed by atoms with Gasteiger partial charge in [0.05, 0.1) is 25.2 Å². The van der Waals surface area contributed by atoms with E-state index < -0.39 is 52.7 Å². The molecule has 1 amide bonds. The van der Waals surface area contributed by atoms with Crippen molar-refractivity contribution in [3.05, 3.63) is 29.3 Å². The van der Waals surface area contributed by atoms with Crippen LogP contribution < -0.4 is 4.74 Å². The third kappa shape index (κ3) is 8.68. The van der Waals surface area contributed by atoms with Crippen LogP contribution in [0.25, 0.3) is 0 Å². The summed E-state index contributed by atoms with van der Waals surface area (Å²) in [7, 11) is 0. The van der Waals surface area contributed by atoms with Gasteiger partial charge in [-0.3, -0.25) is 14.5 Å². The predicted octanol–water partition coefficient (Wildman–Crippen LogP) is 7.35. The molecule has 1 saturated heterocycles. The Bertz CT molecular complexity index is 1030. The minimum absolute atomic E-state index is 0.135. The van der Waals surface area contributed by atoms with E-state index >= 15 is 0 Å². The Labute approximate surface area is 229 Å². The lowest BCUT2D eigenvalue weighted by molar-refractivity contribution is -0.139. The first-order valence-corrected chi connectivity index (χ1v) is 13.5. The lowest BCUT2D eigenvalue weighted by Gasteiger charge is -2.39. The number of alkyl halides is 3. The molecule has 1 aromatic rings. The van der Waals surface area contributed by atoms with Crippen LogP contribution in [0, 0.1) is 0 Å². The first kappa shape index (κ1) is 32.6. The molecule has 0 radical (unpaired) electrons. The molecule has 1 heterocycles. The van der Waals surface area contributed by atoms with Crippen molar-refractivity contribution in [2.75, 3.05) is 13.2 Å². The first-order valence-electron chi connectivity index (χ1n) is 13.5. The van der Waals surface area contributed by atoms with E-state index in [1.165, 1.54) is 13.0 Å². The monoisotopic (exact) mass is 557 g/mol. The van der Waals surface area contributed by atoms with E-state index in [0.717, 1.165) is 49.1 Å². The van der Waals surface area contributed by atoms with Crippen molar-refractivity contribution in [1.29, 1.82) is 0 Å². The molecule has 1 fully saturated rings. The second-order valence-corrected chi connectivity index (χ2v) is 11.7. The Balaban J connectivity index is 2.17. The molecular formula is C29H42F3NO6. The summed E-state index contributed by atoms with van der Waals surface area (Å²) in [6, 6.07) is 3.06. The lowest BCUT2D eigenvalue weighted by Crippen LogP contribution is -2.59. The Morgan fingerprint density at radius 3 is 2.21 bits per heavy atom. The zero-order valence-electron chi connectivity index (χ0n) is 24.1. The molecule has 1 unspecified atom stereocenters. The number of halogens is 3. The van der Waals surface area contributed by atoms with Gasteiger partial charge in [0, 0.05) is 5.56 Å². The molecular weight excluding hydrogens is 515 g/mol. The van der Waals surface area contributed by atoms with Gasteiger partial charge in [0.1, 0.15) is 22.6 Å². The summed E-state index contributed by atoms with van der Waals surface area (Å²) in [5.41, 5.74) is -4.93. The summed E-state index contributed by atoms with van der Waals surface area (Å²) < 4.78 is 58.0. The number of benzene rings is 1. The number of ketones is 2. The molecule has 2 rings (SSSR count). The number of nitrogens with zero attached hydrogens (tertiary/aromatic N) is 1. The van der Waals surface area contributed by atoms with E-state index in [4.69, 9.17) is 14.2 Å². The molecule has 0 saturated carbocycles. The maximum absolute atomic E-state index is 13.8. The van der Waals surface area contributed by atoms with Crippen LogP contribution in [0.4, 0.5) is 18.0 Å². The summed E-state index contributed by atoms with van der Waals surface area (Å²) in [5.74, 6) is -1.82. The van der Waals surface area contributed by atoms with Crippen molar-refractivity contribution in [2.45, 2.75) is 116 Å². The third-order valence-corrected chi connectivity index (χ3v) is 6.60. The van der Waals surface area contributed by atoms with Crippen LogP contribution in [-0.4, -0.2) is 52.6 Å². The second-order valence-electron chi connectivity index (χ2n) is 11.7. The van der Waals surface area contributed by atoms with Gasteiger partial charge in [-0.05, 0) is 66.2 Å². The van der Waals surface area contributed by atoms with Gasteiger partial charge >= 0.3 is 12.3 Å². The Morgan fingerprint density at radius 1 is 1.00 bits per heavy atom. The lowest BCUT2D eigenvalue weighted by atomic mass is 9.90. The maximum atomic E-state index is 13.8. The van der Waals surface area contributed by atoms with E-state index in [9.17, 15) is 27.6 Å². The molecule has 0 bridgehead atoms. The highest BCUT2D eigenvalue weighted by Gasteiger charge is 2.56. The van der Waals surface area contributed by atoms with Crippen LogP contribution in [-0.2, 0) is 20.4 Å². The first-order chi connectivity index (χ1) is 17.9. The van der Waals surface area contributed by atoms with E-state index in [-0.39, 0.29) is 24.5 Å². The largest absolute Gasteiger partial charge is 0.493 e. The molecule has 0 N–H and O–H groups in total. The summed E-state index contributed by atoms with van der Waals surface area (Å²) in [6.07, 6.45) is -0.463. The average molecular weight is 558 g/mol. The quantitative estimate of drug-likeness (QED) is 0.152. The molecule has 1 aromatic carbocycles. The van der Waals surface area contributed by atoms with Crippen LogP contribution in [0.1, 0.15) is 109 Å². The fraction of sp³-hybridized carbons (Fsp3) is 0.690. The zero-order valence-corrected chi connectivity index (χ0v) is 24.1. The van der Waals surface area contributed by atoms with Crippen molar-refractivity contribution in [3.63, 3.8) is 0 Å². The fourth-order valence-corrected chi connectivity index (χ4v) is 4.53. The molecule has 0 aromatic heterocycles. The van der Waals surface area contributed by atoms with Crippen LogP contribution in [0.3, 0.4) is 0 Å². The molecule has 10 heteroatoms. The minimum Gasteiger partial charge on any atom is -0.493 e. The molecule has 1 atom stereocenters.